The van der Waals surface area contributed by atoms with Gasteiger partial charge in [0.05, 0.1) is 51.5 Å². The first-order valence-electron chi connectivity index (χ1n) is 22.3. The standard InChI is InChI=1S/C23H22ClFN4O7.C22H21ClFN3O5.C4H6BO3/c1-34-20-9-18(36-28-20)22(31)27-29(12-19(23(32)33)35-21(30)10-26)11-13-2-4-14(5-3-13)16-8-15(24)6-7-17(16)25;1-13(22(29)30)11-27(25-21(28)19-10-20(31-2)26-32-19)12-14-3-5-15(6-4-14)17-9-16(23)7-8-18(17)24;6-3-5-2-1-4(7)8/h2-9,19H,10-12,26H2,1H3,(H,27,31)(H,32,33);3-10,13H,11-12H2,1-2H3,(H,25,28)(H,29,30);3H,1-2H2,(H,7,8)/t19-;13-;/m11./s1. The van der Waals surface area contributed by atoms with Crippen LogP contribution < -0.4 is 26.1 Å². The number of aromatic nitrogens is 2. The largest absolute Gasteiger partial charge is 0.481 e. The number of esters is 1. The number of carboxylic acid groups (broad SMARTS) is 3. The van der Waals surface area contributed by atoms with E-state index in [2.05, 4.69) is 21.2 Å². The second-order valence-electron chi connectivity index (χ2n) is 15.8. The molecule has 2 amide bonds. The van der Waals surface area contributed by atoms with Crippen LogP contribution in [-0.4, -0.2) is 125 Å². The normalized spacial score (nSPS) is 11.4. The molecule has 27 heteroatoms. The smallest absolute Gasteiger partial charge is 0.346 e. The van der Waals surface area contributed by atoms with Gasteiger partial charge >= 0.3 is 35.7 Å². The van der Waals surface area contributed by atoms with Gasteiger partial charge in [-0.25, -0.2) is 23.6 Å². The van der Waals surface area contributed by atoms with Crippen LogP contribution in [-0.2, 0) is 41.8 Å². The molecule has 0 aliphatic heterocycles. The molecular weight excluding hydrogens is 1050 g/mol. The Balaban J connectivity index is 0.000000288. The lowest BCUT2D eigenvalue weighted by molar-refractivity contribution is -0.164. The van der Waals surface area contributed by atoms with E-state index in [-0.39, 0.29) is 49.3 Å². The second kappa shape index (κ2) is 30.2. The third-order valence-corrected chi connectivity index (χ3v) is 10.6. The third-order valence-electron chi connectivity index (χ3n) is 10.1. The van der Waals surface area contributed by atoms with Crippen molar-refractivity contribution in [2.75, 3.05) is 33.9 Å². The number of benzene rings is 4. The molecule has 0 unspecified atom stereocenters. The molecule has 0 aliphatic carbocycles. The van der Waals surface area contributed by atoms with E-state index in [9.17, 15) is 52.6 Å². The molecule has 0 bridgehead atoms. The Morgan fingerprint density at radius 1 is 0.711 bits per heavy atom. The maximum Gasteiger partial charge on any atom is 0.346 e. The SMILES string of the molecule is COc1cc(C(=O)NN(Cc2ccc(-c3cc(Cl)ccc3F)cc2)C[C@@H](C)C(=O)O)on1.COc1cc(C(=O)NN(Cc2ccc(-c3cc(Cl)ccc3F)cc2)C[C@@H](OC(=O)CN)C(=O)O)on1.O=C[B]CCC(=O)O. The fourth-order valence-electron chi connectivity index (χ4n) is 6.34. The van der Waals surface area contributed by atoms with Crippen molar-refractivity contribution >= 4 is 72.4 Å². The number of nitrogens with one attached hydrogen (secondary N) is 2. The van der Waals surface area contributed by atoms with Gasteiger partial charge in [-0.15, -0.1) is 0 Å². The van der Waals surface area contributed by atoms with Gasteiger partial charge in [-0.05, 0) is 69.0 Å². The van der Waals surface area contributed by atoms with Crippen LogP contribution >= 0.6 is 23.2 Å². The van der Waals surface area contributed by atoms with Crippen LogP contribution in [0.15, 0.2) is 106 Å². The van der Waals surface area contributed by atoms with E-state index in [0.717, 1.165) is 5.56 Å². The van der Waals surface area contributed by atoms with E-state index in [1.54, 1.807) is 54.6 Å². The number of carboxylic acids is 3. The van der Waals surface area contributed by atoms with E-state index in [4.69, 9.17) is 57.3 Å². The fraction of sp³-hybridized carbons (Fsp3) is 0.245. The molecule has 0 fully saturated rings. The quantitative estimate of drug-likeness (QED) is 0.0132. The minimum Gasteiger partial charge on any atom is -0.481 e. The molecule has 0 saturated carbocycles. The summed E-state index contributed by atoms with van der Waals surface area (Å²) >= 11 is 11.9. The van der Waals surface area contributed by atoms with E-state index in [1.807, 2.05) is 0 Å². The highest BCUT2D eigenvalue weighted by Gasteiger charge is 2.28. The highest BCUT2D eigenvalue weighted by Crippen LogP contribution is 2.28. The second-order valence-corrected chi connectivity index (χ2v) is 16.7. The van der Waals surface area contributed by atoms with Crippen LogP contribution in [0.25, 0.3) is 22.3 Å². The first kappa shape index (κ1) is 60.3. The minimum atomic E-state index is -1.63. The molecule has 0 saturated heterocycles. The minimum absolute atomic E-state index is 0.0146. The summed E-state index contributed by atoms with van der Waals surface area (Å²) in [4.78, 5) is 78.9. The fourth-order valence-corrected chi connectivity index (χ4v) is 6.68. The van der Waals surface area contributed by atoms with Crippen molar-refractivity contribution < 1.29 is 80.9 Å². The predicted octanol–water partition coefficient (Wildman–Crippen LogP) is 6.03. The predicted molar refractivity (Wildman–Crippen MR) is 268 cm³/mol. The summed E-state index contributed by atoms with van der Waals surface area (Å²) in [6.45, 7) is 0.811. The number of halogens is 4. The number of hydrazine groups is 2. The Morgan fingerprint density at radius 3 is 1.53 bits per heavy atom. The first-order chi connectivity index (χ1) is 36.2. The Bertz CT molecular complexity index is 2930. The molecule has 401 valence electrons. The lowest BCUT2D eigenvalue weighted by atomic mass is 9.76. The summed E-state index contributed by atoms with van der Waals surface area (Å²) in [5.41, 5.74) is 13.6. The van der Waals surface area contributed by atoms with Crippen molar-refractivity contribution in [3.05, 3.63) is 141 Å². The molecule has 4 aromatic carbocycles. The van der Waals surface area contributed by atoms with Crippen molar-refractivity contribution in [2.24, 2.45) is 11.7 Å². The Hall–Kier alpha value is -8.23. The molecule has 1 radical (unpaired) electrons. The maximum absolute atomic E-state index is 14.2. The first-order valence-corrected chi connectivity index (χ1v) is 23.0. The number of nitrogens with zero attached hydrogens (tertiary/aromatic N) is 4. The molecular formula is C49H49BCl2F2N7O15. The van der Waals surface area contributed by atoms with Gasteiger partial charge in [-0.3, -0.25) is 34.8 Å². The molecule has 0 aliphatic rings. The Labute approximate surface area is 442 Å². The number of ether oxygens (including phenoxy) is 3. The number of carbonyl (C=O) groups excluding carboxylic acids is 4. The lowest BCUT2D eigenvalue weighted by Gasteiger charge is -2.25. The molecule has 0 spiro atoms. The van der Waals surface area contributed by atoms with E-state index in [1.165, 1.54) is 80.9 Å². The number of methoxy groups -OCH3 is 2. The van der Waals surface area contributed by atoms with E-state index in [0.29, 0.717) is 50.4 Å². The highest BCUT2D eigenvalue weighted by atomic mass is 35.5. The van der Waals surface area contributed by atoms with Gasteiger partial charge in [-0.1, -0.05) is 85.0 Å². The van der Waals surface area contributed by atoms with Gasteiger partial charge in [0, 0.05) is 47.2 Å². The number of amides is 2. The average Bonchev–Trinajstić information content (AvgIpc) is 4.10. The number of nitrogens with two attached hydrogens (primary N) is 1. The zero-order valence-electron chi connectivity index (χ0n) is 40.6. The number of rotatable bonds is 24. The molecule has 2 heterocycles. The van der Waals surface area contributed by atoms with Crippen molar-refractivity contribution in [1.82, 2.24) is 31.2 Å². The summed E-state index contributed by atoms with van der Waals surface area (Å²) in [7, 11) is 4.02. The summed E-state index contributed by atoms with van der Waals surface area (Å²) < 4.78 is 52.8. The van der Waals surface area contributed by atoms with Crippen LogP contribution in [0.3, 0.4) is 0 Å². The molecule has 6 aromatic rings. The van der Waals surface area contributed by atoms with Crippen LogP contribution in [0.4, 0.5) is 8.78 Å². The van der Waals surface area contributed by atoms with Crippen molar-refractivity contribution in [3.8, 4) is 34.0 Å². The molecule has 7 N–H and O–H groups in total. The van der Waals surface area contributed by atoms with Crippen molar-refractivity contribution in [3.63, 3.8) is 0 Å². The molecule has 22 nitrogen and oxygen atoms in total. The summed E-state index contributed by atoms with van der Waals surface area (Å²) in [6.07, 6.45) is -0.661. The zero-order chi connectivity index (χ0) is 55.9. The number of hydrogen-bond donors (Lipinski definition) is 6. The lowest BCUT2D eigenvalue weighted by Crippen LogP contribution is -2.48. The van der Waals surface area contributed by atoms with E-state index < -0.39 is 72.4 Å². The summed E-state index contributed by atoms with van der Waals surface area (Å²) in [6, 6.07) is 24.7. The zero-order valence-corrected chi connectivity index (χ0v) is 42.1. The molecule has 6 rings (SSSR count). The van der Waals surface area contributed by atoms with Crippen LogP contribution in [0.2, 0.25) is 16.4 Å². The number of carbonyl (C=O) groups is 7. The van der Waals surface area contributed by atoms with Gasteiger partial charge in [0.1, 0.15) is 11.6 Å². The van der Waals surface area contributed by atoms with Gasteiger partial charge in [0.15, 0.2) is 7.28 Å². The van der Waals surface area contributed by atoms with Crippen LogP contribution in [0, 0.1) is 17.6 Å². The van der Waals surface area contributed by atoms with Crippen molar-refractivity contribution in [2.45, 2.75) is 38.9 Å². The van der Waals surface area contributed by atoms with Gasteiger partial charge in [-0.2, -0.15) is 0 Å². The van der Waals surface area contributed by atoms with Gasteiger partial charge < -0.3 is 49.1 Å². The van der Waals surface area contributed by atoms with Gasteiger partial charge in [0.2, 0.25) is 17.6 Å². The average molecular weight is 1100 g/mol. The third kappa shape index (κ3) is 19.6. The topological polar surface area (TPSA) is 316 Å². The highest BCUT2D eigenvalue weighted by molar-refractivity contribution is 6.66. The summed E-state index contributed by atoms with van der Waals surface area (Å²) in [5.74, 6) is -7.26. The maximum atomic E-state index is 14.2. The van der Waals surface area contributed by atoms with Crippen molar-refractivity contribution in [1.29, 1.82) is 0 Å². The van der Waals surface area contributed by atoms with Crippen LogP contribution in [0.5, 0.6) is 11.8 Å². The molecule has 76 heavy (non-hydrogen) atoms. The Kier molecular flexibility index (Phi) is 24.0. The number of aliphatic carboxylic acids is 3. The summed E-state index contributed by atoms with van der Waals surface area (Å²) in [5, 5.41) is 37.3. The monoisotopic (exact) mass is 1090 g/mol. The Morgan fingerprint density at radius 2 is 1.16 bits per heavy atom. The van der Waals surface area contributed by atoms with Gasteiger partial charge in [0.25, 0.3) is 11.8 Å². The van der Waals surface area contributed by atoms with E-state index >= 15 is 0 Å². The number of hydrogen-bond acceptors (Lipinski definition) is 17. The molecule has 2 atom stereocenters. The van der Waals surface area contributed by atoms with Crippen LogP contribution in [0.1, 0.15) is 45.6 Å². The molecule has 2 aromatic heterocycles.